The summed E-state index contributed by atoms with van der Waals surface area (Å²) < 4.78 is 13.4. The van der Waals surface area contributed by atoms with Gasteiger partial charge in [-0.2, -0.15) is 0 Å². The van der Waals surface area contributed by atoms with E-state index in [0.29, 0.717) is 42.7 Å². The van der Waals surface area contributed by atoms with Crippen LogP contribution in [0.4, 0.5) is 0 Å². The predicted octanol–water partition coefficient (Wildman–Crippen LogP) is 3.85. The second kappa shape index (κ2) is 7.53. The second-order valence-electron chi connectivity index (χ2n) is 6.69. The average molecular weight is 385 g/mol. The van der Waals surface area contributed by atoms with Crippen LogP contribution in [0.5, 0.6) is 11.5 Å². The number of carbonyl (C=O) groups is 1. The molecule has 0 saturated heterocycles. The number of nitrogens with zero attached hydrogens (tertiary/aromatic N) is 1. The smallest absolute Gasteiger partial charge is 0.224 e. The molecule has 6 heteroatoms. The van der Waals surface area contributed by atoms with Crippen molar-refractivity contribution < 1.29 is 14.3 Å². The molecule has 27 heavy (non-hydrogen) atoms. The Labute approximate surface area is 162 Å². The standard InChI is InChI=1S/C21H21ClN2O3/c1-24-13-15(16-5-2-3-6-18(16)24)11-20(25)23-12-14-9-17(22)21-19(10-14)26-7-4-8-27-21/h2-3,5-6,9-10,13H,4,7-8,11-12H2,1H3,(H,23,25). The number of fused-ring (bicyclic) bond motifs is 2. The van der Waals surface area contributed by atoms with Gasteiger partial charge in [0.2, 0.25) is 5.91 Å². The van der Waals surface area contributed by atoms with Gasteiger partial charge in [0.15, 0.2) is 11.5 Å². The third kappa shape index (κ3) is 3.74. The Morgan fingerprint density at radius 1 is 1.22 bits per heavy atom. The van der Waals surface area contributed by atoms with Crippen LogP contribution in [-0.4, -0.2) is 23.7 Å². The van der Waals surface area contributed by atoms with E-state index in [1.165, 1.54) is 0 Å². The number of rotatable bonds is 4. The van der Waals surface area contributed by atoms with E-state index < -0.39 is 0 Å². The molecular weight excluding hydrogens is 364 g/mol. The average Bonchev–Trinajstić information content (AvgIpc) is 2.83. The van der Waals surface area contributed by atoms with Crippen molar-refractivity contribution in [3.63, 3.8) is 0 Å². The summed E-state index contributed by atoms with van der Waals surface area (Å²) in [5, 5.41) is 4.58. The minimum atomic E-state index is -0.0328. The Morgan fingerprint density at radius 2 is 2.04 bits per heavy atom. The van der Waals surface area contributed by atoms with Crippen LogP contribution in [0.25, 0.3) is 10.9 Å². The van der Waals surface area contributed by atoms with E-state index >= 15 is 0 Å². The summed E-state index contributed by atoms with van der Waals surface area (Å²) in [6.45, 7) is 1.58. The number of halogens is 1. The maximum atomic E-state index is 12.5. The van der Waals surface area contributed by atoms with Crippen molar-refractivity contribution >= 4 is 28.4 Å². The fourth-order valence-corrected chi connectivity index (χ4v) is 3.68. The van der Waals surface area contributed by atoms with E-state index in [1.807, 2.05) is 48.1 Å². The van der Waals surface area contributed by atoms with Gasteiger partial charge in [0.25, 0.3) is 0 Å². The number of hydrogen-bond acceptors (Lipinski definition) is 3. The summed E-state index contributed by atoms with van der Waals surface area (Å²) in [4.78, 5) is 12.5. The maximum Gasteiger partial charge on any atom is 0.224 e. The molecule has 0 aliphatic carbocycles. The third-order valence-corrected chi connectivity index (χ3v) is 4.96. The third-order valence-electron chi connectivity index (χ3n) is 4.68. The van der Waals surface area contributed by atoms with E-state index in [1.54, 1.807) is 0 Å². The van der Waals surface area contributed by atoms with Crippen LogP contribution in [0, 0.1) is 0 Å². The summed E-state index contributed by atoms with van der Waals surface area (Å²) in [6, 6.07) is 11.8. The second-order valence-corrected chi connectivity index (χ2v) is 7.10. The highest BCUT2D eigenvalue weighted by Gasteiger charge is 2.16. The van der Waals surface area contributed by atoms with Crippen molar-refractivity contribution in [3.8, 4) is 11.5 Å². The first kappa shape index (κ1) is 17.7. The van der Waals surface area contributed by atoms with Crippen molar-refractivity contribution in [3.05, 3.63) is 58.7 Å². The first-order chi connectivity index (χ1) is 13.1. The zero-order valence-corrected chi connectivity index (χ0v) is 15.9. The van der Waals surface area contributed by atoms with E-state index in [-0.39, 0.29) is 5.91 Å². The van der Waals surface area contributed by atoms with E-state index in [9.17, 15) is 4.79 Å². The number of amides is 1. The first-order valence-electron chi connectivity index (χ1n) is 8.99. The predicted molar refractivity (Wildman–Crippen MR) is 106 cm³/mol. The number of aryl methyl sites for hydroxylation is 1. The molecule has 4 rings (SSSR count). The lowest BCUT2D eigenvalue weighted by molar-refractivity contribution is -0.120. The zero-order chi connectivity index (χ0) is 18.8. The van der Waals surface area contributed by atoms with Gasteiger partial charge in [-0.15, -0.1) is 0 Å². The summed E-state index contributed by atoms with van der Waals surface area (Å²) in [6.07, 6.45) is 3.16. The number of carbonyl (C=O) groups excluding carboxylic acids is 1. The Balaban J connectivity index is 1.45. The monoisotopic (exact) mass is 384 g/mol. The zero-order valence-electron chi connectivity index (χ0n) is 15.1. The van der Waals surface area contributed by atoms with Crippen molar-refractivity contribution in [1.82, 2.24) is 9.88 Å². The van der Waals surface area contributed by atoms with Gasteiger partial charge >= 0.3 is 0 Å². The lowest BCUT2D eigenvalue weighted by Crippen LogP contribution is -2.24. The summed E-state index contributed by atoms with van der Waals surface area (Å²) in [5.41, 5.74) is 3.02. The van der Waals surface area contributed by atoms with Gasteiger partial charge in [-0.25, -0.2) is 0 Å². The summed E-state index contributed by atoms with van der Waals surface area (Å²) in [7, 11) is 1.99. The number of para-hydroxylation sites is 1. The molecule has 0 unspecified atom stereocenters. The first-order valence-corrected chi connectivity index (χ1v) is 9.37. The van der Waals surface area contributed by atoms with Crippen LogP contribution in [0.3, 0.4) is 0 Å². The molecule has 1 aromatic heterocycles. The molecule has 0 radical (unpaired) electrons. The number of nitrogens with one attached hydrogen (secondary N) is 1. The van der Waals surface area contributed by atoms with Crippen LogP contribution in [0.2, 0.25) is 5.02 Å². The topological polar surface area (TPSA) is 52.5 Å². The lowest BCUT2D eigenvalue weighted by Gasteiger charge is -2.12. The minimum Gasteiger partial charge on any atom is -0.489 e. The molecule has 140 valence electrons. The van der Waals surface area contributed by atoms with E-state index in [0.717, 1.165) is 28.5 Å². The molecule has 3 aromatic rings. The highest BCUT2D eigenvalue weighted by Crippen LogP contribution is 2.37. The van der Waals surface area contributed by atoms with E-state index in [2.05, 4.69) is 11.4 Å². The molecule has 1 aliphatic heterocycles. The molecule has 0 spiro atoms. The molecule has 2 heterocycles. The minimum absolute atomic E-state index is 0.0328. The van der Waals surface area contributed by atoms with Gasteiger partial charge < -0.3 is 19.4 Å². The molecule has 1 N–H and O–H groups in total. The molecule has 2 aromatic carbocycles. The Morgan fingerprint density at radius 3 is 2.93 bits per heavy atom. The Hall–Kier alpha value is -2.66. The molecule has 1 aliphatic rings. The van der Waals surface area contributed by atoms with Crippen LogP contribution >= 0.6 is 11.6 Å². The molecule has 0 saturated carbocycles. The van der Waals surface area contributed by atoms with Gasteiger partial charge in [-0.05, 0) is 29.3 Å². The van der Waals surface area contributed by atoms with Crippen LogP contribution < -0.4 is 14.8 Å². The van der Waals surface area contributed by atoms with Crippen molar-refractivity contribution in [2.75, 3.05) is 13.2 Å². The molecule has 0 bridgehead atoms. The number of benzene rings is 2. The highest BCUT2D eigenvalue weighted by atomic mass is 35.5. The lowest BCUT2D eigenvalue weighted by atomic mass is 10.1. The SMILES string of the molecule is Cn1cc(CC(=O)NCc2cc(Cl)c3c(c2)OCCCO3)c2ccccc21. The van der Waals surface area contributed by atoms with E-state index in [4.69, 9.17) is 21.1 Å². The van der Waals surface area contributed by atoms with Crippen molar-refractivity contribution in [2.24, 2.45) is 7.05 Å². The Bertz CT molecular complexity index is 997. The van der Waals surface area contributed by atoms with Crippen LogP contribution in [0.15, 0.2) is 42.6 Å². The van der Waals surface area contributed by atoms with Crippen molar-refractivity contribution in [2.45, 2.75) is 19.4 Å². The molecular formula is C21H21ClN2O3. The van der Waals surface area contributed by atoms with Crippen LogP contribution in [0.1, 0.15) is 17.5 Å². The highest BCUT2D eigenvalue weighted by molar-refractivity contribution is 6.32. The molecule has 1 amide bonds. The van der Waals surface area contributed by atoms with Gasteiger partial charge in [0.1, 0.15) is 0 Å². The van der Waals surface area contributed by atoms with Gasteiger partial charge in [-0.3, -0.25) is 4.79 Å². The number of ether oxygens (including phenoxy) is 2. The van der Waals surface area contributed by atoms with Crippen molar-refractivity contribution in [1.29, 1.82) is 0 Å². The molecule has 0 atom stereocenters. The normalized spacial score (nSPS) is 13.4. The fraction of sp³-hybridized carbons (Fsp3) is 0.286. The van der Waals surface area contributed by atoms with Gasteiger partial charge in [0.05, 0.1) is 24.7 Å². The quantitative estimate of drug-likeness (QED) is 0.743. The van der Waals surface area contributed by atoms with Crippen LogP contribution in [-0.2, 0) is 24.8 Å². The maximum absolute atomic E-state index is 12.5. The number of hydrogen-bond donors (Lipinski definition) is 1. The Kier molecular flexibility index (Phi) is 4.94. The fourth-order valence-electron chi connectivity index (χ4n) is 3.39. The van der Waals surface area contributed by atoms with Gasteiger partial charge in [0, 0.05) is 37.1 Å². The molecule has 0 fully saturated rings. The number of aromatic nitrogens is 1. The summed E-state index contributed by atoms with van der Waals surface area (Å²) >= 11 is 6.31. The molecule has 5 nitrogen and oxygen atoms in total. The largest absolute Gasteiger partial charge is 0.489 e. The summed E-state index contributed by atoms with van der Waals surface area (Å²) in [5.74, 6) is 1.19. The van der Waals surface area contributed by atoms with Gasteiger partial charge in [-0.1, -0.05) is 29.8 Å².